The van der Waals surface area contributed by atoms with Gasteiger partial charge in [0.2, 0.25) is 0 Å². The summed E-state index contributed by atoms with van der Waals surface area (Å²) in [5, 5.41) is 0. The van der Waals surface area contributed by atoms with Crippen molar-refractivity contribution in [2.75, 3.05) is 44.8 Å². The smallest absolute Gasteiger partial charge is 0.258 e. The third-order valence-electron chi connectivity index (χ3n) is 9.60. The van der Waals surface area contributed by atoms with Crippen LogP contribution in [-0.4, -0.2) is 88.7 Å². The zero-order chi connectivity index (χ0) is 31.1. The van der Waals surface area contributed by atoms with E-state index in [1.807, 2.05) is 26.1 Å². The Bertz CT molecular complexity index is 1550. The lowest BCUT2D eigenvalue weighted by atomic mass is 9.61. The largest absolute Gasteiger partial charge is 0.490 e. The summed E-state index contributed by atoms with van der Waals surface area (Å²) in [6, 6.07) is 5.91. The summed E-state index contributed by atoms with van der Waals surface area (Å²) in [5.74, 6) is 1.56. The molecule has 2 saturated heterocycles. The van der Waals surface area contributed by atoms with E-state index in [1.165, 1.54) is 30.1 Å². The first-order chi connectivity index (χ1) is 21.8. The van der Waals surface area contributed by atoms with Crippen molar-refractivity contribution in [1.29, 1.82) is 0 Å². The second kappa shape index (κ2) is 12.2. The molecule has 1 atom stereocenters. The van der Waals surface area contributed by atoms with Gasteiger partial charge >= 0.3 is 0 Å². The number of nitrogens with zero attached hydrogens (tertiary/aromatic N) is 6. The van der Waals surface area contributed by atoms with Crippen molar-refractivity contribution >= 4 is 11.7 Å². The van der Waals surface area contributed by atoms with E-state index < -0.39 is 5.82 Å². The molecule has 0 N–H and O–H groups in total. The van der Waals surface area contributed by atoms with E-state index in [0.29, 0.717) is 24.8 Å². The van der Waals surface area contributed by atoms with Crippen molar-refractivity contribution in [3.63, 3.8) is 0 Å². The minimum Gasteiger partial charge on any atom is -0.490 e. The Labute approximate surface area is 263 Å². The Hall–Kier alpha value is -3.83. The van der Waals surface area contributed by atoms with Crippen LogP contribution in [-0.2, 0) is 17.7 Å². The maximum atomic E-state index is 14.5. The zero-order valence-electron chi connectivity index (χ0n) is 26.2. The lowest BCUT2D eigenvalue weighted by Crippen LogP contribution is -2.65. The third-order valence-corrected chi connectivity index (χ3v) is 9.60. The third kappa shape index (κ3) is 5.95. The van der Waals surface area contributed by atoms with Gasteiger partial charge in [-0.2, -0.15) is 0 Å². The molecule has 7 rings (SSSR count). The van der Waals surface area contributed by atoms with Crippen LogP contribution in [0.3, 0.4) is 0 Å². The molecule has 3 fully saturated rings. The lowest BCUT2D eigenvalue weighted by Gasteiger charge is -2.59. The van der Waals surface area contributed by atoms with Gasteiger partial charge in [-0.1, -0.05) is 0 Å². The van der Waals surface area contributed by atoms with E-state index in [2.05, 4.69) is 31.8 Å². The molecule has 0 bridgehead atoms. The van der Waals surface area contributed by atoms with E-state index in [0.717, 1.165) is 69.7 Å². The van der Waals surface area contributed by atoms with Crippen molar-refractivity contribution in [2.45, 2.75) is 70.7 Å². The van der Waals surface area contributed by atoms with Gasteiger partial charge in [0.25, 0.3) is 5.91 Å². The Balaban J connectivity index is 1.03. The van der Waals surface area contributed by atoms with Crippen LogP contribution < -0.4 is 14.4 Å². The molecule has 45 heavy (non-hydrogen) atoms. The molecule has 1 spiro atoms. The van der Waals surface area contributed by atoms with Crippen molar-refractivity contribution in [3.05, 3.63) is 65.6 Å². The quantitative estimate of drug-likeness (QED) is 0.352. The van der Waals surface area contributed by atoms with E-state index in [9.17, 15) is 9.18 Å². The minimum absolute atomic E-state index is 0.0733. The molecule has 1 saturated carbocycles. The van der Waals surface area contributed by atoms with E-state index in [-0.39, 0.29) is 40.8 Å². The van der Waals surface area contributed by atoms with Crippen LogP contribution in [0.4, 0.5) is 10.2 Å². The van der Waals surface area contributed by atoms with Gasteiger partial charge in [-0.25, -0.2) is 14.4 Å². The number of benzene rings is 1. The van der Waals surface area contributed by atoms with E-state index in [1.54, 1.807) is 11.1 Å². The number of carbonyl (C=O) groups excluding carboxylic acids is 1. The van der Waals surface area contributed by atoms with Gasteiger partial charge in [0.15, 0.2) is 11.6 Å². The van der Waals surface area contributed by atoms with Gasteiger partial charge in [-0.15, -0.1) is 0 Å². The van der Waals surface area contributed by atoms with E-state index >= 15 is 0 Å². The number of pyridine rings is 1. The van der Waals surface area contributed by atoms with Crippen molar-refractivity contribution in [2.24, 2.45) is 5.41 Å². The molecule has 11 heteroatoms. The van der Waals surface area contributed by atoms with Crippen LogP contribution in [0.15, 0.2) is 43.0 Å². The number of rotatable bonds is 8. The zero-order valence-corrected chi connectivity index (χ0v) is 26.2. The number of anilines is 1. The number of fused-ring (bicyclic) bond motifs is 1. The fourth-order valence-corrected chi connectivity index (χ4v) is 7.40. The van der Waals surface area contributed by atoms with Crippen molar-refractivity contribution in [1.82, 2.24) is 24.8 Å². The fourth-order valence-electron chi connectivity index (χ4n) is 7.40. The Kier molecular flexibility index (Phi) is 8.07. The molecule has 4 aliphatic rings. The summed E-state index contributed by atoms with van der Waals surface area (Å²) in [6.07, 6.45) is 9.78. The number of carbonyl (C=O) groups is 1. The maximum Gasteiger partial charge on any atom is 0.258 e. The summed E-state index contributed by atoms with van der Waals surface area (Å²) >= 11 is 0. The first-order valence-corrected chi connectivity index (χ1v) is 16.0. The SMILES string of the molecule is CC(C)N(C(=O)c1cc(F)ccc1Oc1cncnc1N1CC2(CC(Oc3ccnc4c3CN(C)CC4)C2)C1)[C@H]1CCCOC1. The van der Waals surface area contributed by atoms with Gasteiger partial charge < -0.3 is 28.9 Å². The van der Waals surface area contributed by atoms with Gasteiger partial charge in [0.1, 0.15) is 29.7 Å². The molecule has 1 aliphatic carbocycles. The molecule has 0 unspecified atom stereocenters. The number of hydrogen-bond donors (Lipinski definition) is 0. The summed E-state index contributed by atoms with van der Waals surface area (Å²) in [5.41, 5.74) is 2.71. The highest BCUT2D eigenvalue weighted by Gasteiger charge is 2.54. The van der Waals surface area contributed by atoms with E-state index in [4.69, 9.17) is 14.2 Å². The predicted octanol–water partition coefficient (Wildman–Crippen LogP) is 4.87. The number of hydrogen-bond acceptors (Lipinski definition) is 9. The molecule has 10 nitrogen and oxygen atoms in total. The number of aromatic nitrogens is 3. The molecule has 5 heterocycles. The number of likely N-dealkylation sites (N-methyl/N-ethyl adjacent to an activating group) is 1. The second-order valence-electron chi connectivity index (χ2n) is 13.4. The second-order valence-corrected chi connectivity index (χ2v) is 13.4. The topological polar surface area (TPSA) is 93.2 Å². The number of halogens is 1. The van der Waals surface area contributed by atoms with Gasteiger partial charge in [-0.3, -0.25) is 9.78 Å². The average Bonchev–Trinajstić information content (AvgIpc) is 2.99. The Morgan fingerprint density at radius 1 is 1.16 bits per heavy atom. The predicted molar refractivity (Wildman–Crippen MR) is 166 cm³/mol. The van der Waals surface area contributed by atoms with Crippen LogP contribution in [0.2, 0.25) is 0 Å². The Morgan fingerprint density at radius 2 is 2.00 bits per heavy atom. The molecule has 1 aromatic carbocycles. The monoisotopic (exact) mass is 616 g/mol. The fraction of sp³-hybridized carbons (Fsp3) is 0.529. The summed E-state index contributed by atoms with van der Waals surface area (Å²) in [7, 11) is 2.13. The Morgan fingerprint density at radius 3 is 2.78 bits per heavy atom. The van der Waals surface area contributed by atoms with Gasteiger partial charge in [0.05, 0.1) is 24.4 Å². The molecule has 3 aromatic rings. The van der Waals surface area contributed by atoms with Crippen LogP contribution in [0.5, 0.6) is 17.2 Å². The molecule has 0 radical (unpaired) electrons. The molecular formula is C34H41FN6O4. The minimum atomic E-state index is -0.496. The van der Waals surface area contributed by atoms with Crippen LogP contribution >= 0.6 is 0 Å². The van der Waals surface area contributed by atoms with Crippen molar-refractivity contribution < 1.29 is 23.4 Å². The summed E-state index contributed by atoms with van der Waals surface area (Å²) in [4.78, 5) is 33.5. The first-order valence-electron chi connectivity index (χ1n) is 16.0. The van der Waals surface area contributed by atoms with Crippen molar-refractivity contribution in [3.8, 4) is 17.2 Å². The highest BCUT2D eigenvalue weighted by Crippen LogP contribution is 2.52. The average molecular weight is 617 g/mol. The number of amides is 1. The van der Waals surface area contributed by atoms with Crippen LogP contribution in [0.25, 0.3) is 0 Å². The number of ether oxygens (including phenoxy) is 3. The standard InChI is InChI=1S/C34H41FN6O4/c1-22(2)41(24-5-4-12-43-18-24)33(42)26-13-23(35)6-7-29(26)45-31-16-36-21-38-32(31)40-19-34(20-40)14-25(15-34)44-30-8-10-37-28-9-11-39(3)17-27(28)30/h6-8,10,13,16,21-22,24-25H,4-5,9,11-12,14-15,17-20H2,1-3H3/t24-/m0/s1. The normalized spacial score (nSPS) is 21.2. The lowest BCUT2D eigenvalue weighted by molar-refractivity contribution is -0.0352. The summed E-state index contributed by atoms with van der Waals surface area (Å²) in [6.45, 7) is 8.64. The first kappa shape index (κ1) is 29.9. The molecule has 238 valence electrons. The highest BCUT2D eigenvalue weighted by molar-refractivity contribution is 5.97. The molecule has 3 aliphatic heterocycles. The summed E-state index contributed by atoms with van der Waals surface area (Å²) < 4.78 is 33.0. The highest BCUT2D eigenvalue weighted by atomic mass is 19.1. The molecule has 1 amide bonds. The van der Waals surface area contributed by atoms with Gasteiger partial charge in [-0.05, 0) is 70.8 Å². The van der Waals surface area contributed by atoms with Crippen LogP contribution in [0.1, 0.15) is 61.1 Å². The molecule has 2 aromatic heterocycles. The van der Waals surface area contributed by atoms with Gasteiger partial charge in [0, 0.05) is 68.1 Å². The molecular weight excluding hydrogens is 575 g/mol. The maximum absolute atomic E-state index is 14.5. The van der Waals surface area contributed by atoms with Crippen LogP contribution in [0, 0.1) is 11.2 Å².